The van der Waals surface area contributed by atoms with Crippen molar-refractivity contribution >= 4 is 16.6 Å². The Morgan fingerprint density at radius 1 is 0.935 bits per heavy atom. The van der Waals surface area contributed by atoms with Crippen LogP contribution < -0.4 is 0 Å². The van der Waals surface area contributed by atoms with Crippen LogP contribution in [0.5, 0.6) is 0 Å². The Morgan fingerprint density at radius 2 is 1.42 bits per heavy atom. The van der Waals surface area contributed by atoms with Gasteiger partial charge < -0.3 is 8.85 Å². The second-order valence-electron chi connectivity index (χ2n) is 11.8. The molecule has 1 rings (SSSR count). The van der Waals surface area contributed by atoms with Gasteiger partial charge in [-0.2, -0.15) is 0 Å². The summed E-state index contributed by atoms with van der Waals surface area (Å²) in [6, 6.07) is 10.6. The van der Waals surface area contributed by atoms with Gasteiger partial charge in [-0.1, -0.05) is 78.0 Å². The zero-order valence-corrected chi connectivity index (χ0v) is 23.7. The van der Waals surface area contributed by atoms with Gasteiger partial charge >= 0.3 is 0 Å². The maximum absolute atomic E-state index is 6.94. The van der Waals surface area contributed by atoms with Crippen molar-refractivity contribution in [3.8, 4) is 12.3 Å². The lowest BCUT2D eigenvalue weighted by Gasteiger charge is -2.45. The van der Waals surface area contributed by atoms with Gasteiger partial charge in [0, 0.05) is 12.3 Å². The summed E-state index contributed by atoms with van der Waals surface area (Å²) < 4.78 is 13.8. The lowest BCUT2D eigenvalue weighted by molar-refractivity contribution is 0.0504. The number of rotatable bonds is 10. The molecule has 0 N–H and O–H groups in total. The van der Waals surface area contributed by atoms with Crippen LogP contribution in [-0.4, -0.2) is 28.8 Å². The molecule has 0 aromatic heterocycles. The van der Waals surface area contributed by atoms with Crippen molar-refractivity contribution in [3.05, 3.63) is 48.6 Å². The van der Waals surface area contributed by atoms with E-state index in [1.165, 1.54) is 5.56 Å². The van der Waals surface area contributed by atoms with Gasteiger partial charge in [0.1, 0.15) is 0 Å². The average Bonchev–Trinajstić information content (AvgIpc) is 2.63. The minimum Gasteiger partial charge on any atom is -0.413 e. The Kier molecular flexibility index (Phi) is 9.60. The van der Waals surface area contributed by atoms with Crippen LogP contribution in [0.3, 0.4) is 0 Å². The van der Waals surface area contributed by atoms with Gasteiger partial charge in [-0.15, -0.1) is 18.9 Å². The van der Waals surface area contributed by atoms with Crippen LogP contribution in [0.2, 0.25) is 36.3 Å². The van der Waals surface area contributed by atoms with Crippen molar-refractivity contribution in [2.75, 3.05) is 0 Å². The number of benzene rings is 1. The van der Waals surface area contributed by atoms with Crippen molar-refractivity contribution in [1.82, 2.24) is 0 Å². The largest absolute Gasteiger partial charge is 0.413 e. The topological polar surface area (TPSA) is 18.5 Å². The zero-order valence-electron chi connectivity index (χ0n) is 21.7. The van der Waals surface area contributed by atoms with Gasteiger partial charge in [0.05, 0.1) is 12.2 Å². The summed E-state index contributed by atoms with van der Waals surface area (Å²) in [5.74, 6) is 3.01. The van der Waals surface area contributed by atoms with Gasteiger partial charge in [0.25, 0.3) is 0 Å². The van der Waals surface area contributed by atoms with E-state index in [0.717, 1.165) is 6.42 Å². The molecule has 31 heavy (non-hydrogen) atoms. The highest BCUT2D eigenvalue weighted by atomic mass is 28.4. The molecule has 1 aromatic rings. The average molecular weight is 459 g/mol. The monoisotopic (exact) mass is 458 g/mol. The predicted octanol–water partition coefficient (Wildman–Crippen LogP) is 7.84. The van der Waals surface area contributed by atoms with E-state index in [2.05, 4.69) is 111 Å². The van der Waals surface area contributed by atoms with E-state index in [0.29, 0.717) is 6.42 Å². The maximum Gasteiger partial charge on any atom is 0.192 e. The van der Waals surface area contributed by atoms with Crippen molar-refractivity contribution < 1.29 is 8.85 Å². The summed E-state index contributed by atoms with van der Waals surface area (Å²) in [7, 11) is -4.01. The lowest BCUT2D eigenvalue weighted by Crippen LogP contribution is -2.51. The molecule has 174 valence electrons. The lowest BCUT2D eigenvalue weighted by atomic mass is 9.87. The highest BCUT2D eigenvalue weighted by Gasteiger charge is 2.44. The standard InChI is InChI=1S/C27H46O2Si2/c1-13-18-25(29-31(11,12)27(6,7)8)23(21-22-19-16-15-17-20-22)24(14-2)28-30(9,10)26(3,4)5/h1,14-17,19-20,23-25H,2,18,21H2,3-12H3/t23-,24-,25-/m1/s1. The summed E-state index contributed by atoms with van der Waals surface area (Å²) in [6.07, 6.45) is 9.09. The molecular formula is C27H46O2Si2. The second-order valence-corrected chi connectivity index (χ2v) is 21.3. The predicted molar refractivity (Wildman–Crippen MR) is 141 cm³/mol. The molecule has 0 unspecified atom stereocenters. The normalized spacial score (nSPS) is 16.3. The van der Waals surface area contributed by atoms with E-state index in [4.69, 9.17) is 15.3 Å². The number of terminal acetylenes is 1. The van der Waals surface area contributed by atoms with Gasteiger partial charge in [0.2, 0.25) is 0 Å². The first-order valence-corrected chi connectivity index (χ1v) is 17.3. The minimum absolute atomic E-state index is 0.0705. The van der Waals surface area contributed by atoms with Crippen molar-refractivity contribution in [2.45, 2.75) is 103 Å². The Hall–Kier alpha value is -1.13. The maximum atomic E-state index is 6.94. The van der Waals surface area contributed by atoms with Gasteiger partial charge in [-0.3, -0.25) is 0 Å². The molecule has 4 heteroatoms. The molecule has 0 aliphatic heterocycles. The van der Waals surface area contributed by atoms with Gasteiger partial charge in [-0.25, -0.2) is 0 Å². The molecule has 0 fully saturated rings. The third kappa shape index (κ3) is 7.75. The van der Waals surface area contributed by atoms with Crippen molar-refractivity contribution in [3.63, 3.8) is 0 Å². The fourth-order valence-electron chi connectivity index (χ4n) is 3.12. The summed E-state index contributed by atoms with van der Waals surface area (Å²) >= 11 is 0. The van der Waals surface area contributed by atoms with Crippen LogP contribution in [0.15, 0.2) is 43.0 Å². The van der Waals surface area contributed by atoms with Crippen LogP contribution >= 0.6 is 0 Å². The quantitative estimate of drug-likeness (QED) is 0.202. The second kappa shape index (κ2) is 10.7. The van der Waals surface area contributed by atoms with Crippen LogP contribution in [-0.2, 0) is 15.3 Å². The molecular weight excluding hydrogens is 412 g/mol. The Labute approximate surface area is 195 Å². The Balaban J connectivity index is 3.41. The molecule has 2 nitrogen and oxygen atoms in total. The molecule has 0 aliphatic carbocycles. The summed E-state index contributed by atoms with van der Waals surface area (Å²) in [5.41, 5.74) is 1.28. The van der Waals surface area contributed by atoms with Crippen LogP contribution in [0.25, 0.3) is 0 Å². The van der Waals surface area contributed by atoms with Gasteiger partial charge in [-0.05, 0) is 48.2 Å². The molecule has 0 bridgehead atoms. The molecule has 0 aliphatic rings. The third-order valence-electron chi connectivity index (χ3n) is 7.25. The SMILES string of the molecule is C#CC[C@@H](O[Si](C)(C)C(C)(C)C)[C@H](Cc1ccccc1)[C@@H](C=C)O[Si](C)(C)C(C)(C)C. The first-order chi connectivity index (χ1) is 14.1. The molecule has 1 aromatic carbocycles. The van der Waals surface area contributed by atoms with Gasteiger partial charge in [0.15, 0.2) is 16.6 Å². The van der Waals surface area contributed by atoms with Crippen molar-refractivity contribution in [1.29, 1.82) is 0 Å². The summed E-state index contributed by atoms with van der Waals surface area (Å²) in [6.45, 7) is 27.0. The van der Waals surface area contributed by atoms with Crippen molar-refractivity contribution in [2.24, 2.45) is 5.92 Å². The van der Waals surface area contributed by atoms with Crippen LogP contribution in [0.1, 0.15) is 53.5 Å². The van der Waals surface area contributed by atoms with E-state index in [-0.39, 0.29) is 28.2 Å². The van der Waals surface area contributed by atoms with E-state index in [9.17, 15) is 0 Å². The molecule has 0 saturated heterocycles. The first-order valence-electron chi connectivity index (χ1n) is 11.5. The minimum atomic E-state index is -2.01. The third-order valence-corrected chi connectivity index (χ3v) is 16.2. The van der Waals surface area contributed by atoms with E-state index >= 15 is 0 Å². The molecule has 3 atom stereocenters. The van der Waals surface area contributed by atoms with E-state index in [1.54, 1.807) is 0 Å². The molecule has 0 heterocycles. The fraction of sp³-hybridized carbons (Fsp3) is 0.630. The fourth-order valence-corrected chi connectivity index (χ4v) is 5.80. The number of hydrogen-bond acceptors (Lipinski definition) is 2. The number of hydrogen-bond donors (Lipinski definition) is 0. The molecule has 0 radical (unpaired) electrons. The smallest absolute Gasteiger partial charge is 0.192 e. The van der Waals surface area contributed by atoms with E-state index in [1.807, 2.05) is 6.08 Å². The van der Waals surface area contributed by atoms with Crippen LogP contribution in [0, 0.1) is 18.3 Å². The summed E-state index contributed by atoms with van der Waals surface area (Å²) in [4.78, 5) is 0. The van der Waals surface area contributed by atoms with E-state index < -0.39 is 16.6 Å². The Bertz CT molecular complexity index is 733. The highest BCUT2D eigenvalue weighted by Crippen LogP contribution is 2.42. The highest BCUT2D eigenvalue weighted by molar-refractivity contribution is 6.74. The zero-order chi connectivity index (χ0) is 24.1. The molecule has 0 amide bonds. The van der Waals surface area contributed by atoms with Crippen LogP contribution in [0.4, 0.5) is 0 Å². The Morgan fingerprint density at radius 3 is 1.84 bits per heavy atom. The first kappa shape index (κ1) is 27.9. The molecule has 0 saturated carbocycles. The summed E-state index contributed by atoms with van der Waals surface area (Å²) in [5, 5.41) is 0.231. The molecule has 0 spiro atoms.